The molecular weight excluding hydrogens is 1120 g/mol. The molecule has 0 aromatic carbocycles. The summed E-state index contributed by atoms with van der Waals surface area (Å²) in [5.74, 6) is -1.22. The van der Waals surface area contributed by atoms with Gasteiger partial charge in [0.05, 0.1) is 13.2 Å². The van der Waals surface area contributed by atoms with Crippen molar-refractivity contribution in [1.82, 2.24) is 9.80 Å². The molecule has 0 spiro atoms. The second kappa shape index (κ2) is 75.2. The fourth-order valence-corrected chi connectivity index (χ4v) is 11.7. The van der Waals surface area contributed by atoms with Crippen LogP contribution in [0.1, 0.15) is 414 Å². The van der Waals surface area contributed by atoms with Gasteiger partial charge in [0.2, 0.25) is 11.8 Å². The van der Waals surface area contributed by atoms with E-state index < -0.39 is 0 Å². The molecule has 0 aliphatic rings. The van der Waals surface area contributed by atoms with Crippen LogP contribution in [0, 0.1) is 0 Å². The third-order valence-electron chi connectivity index (χ3n) is 17.6. The van der Waals surface area contributed by atoms with Gasteiger partial charge in [0, 0.05) is 52.0 Å². The number of esters is 2. The number of amides is 4. The van der Waals surface area contributed by atoms with Gasteiger partial charge in [-0.3, -0.25) is 38.6 Å². The Hall–Kier alpha value is -2.86. The van der Waals surface area contributed by atoms with E-state index >= 15 is 0 Å². The largest absolute Gasteiger partial charge is 0.466 e. The van der Waals surface area contributed by atoms with Crippen molar-refractivity contribution >= 4 is 35.6 Å². The Morgan fingerprint density at radius 3 is 0.611 bits per heavy atom. The Morgan fingerprint density at radius 2 is 0.411 bits per heavy atom. The van der Waals surface area contributed by atoms with E-state index in [0.29, 0.717) is 51.7 Å². The standard InChI is InChI=1S/2C39H75NO5/c2*1-4-7-9-11-13-15-17-18-19-20-22-23-25-27-29-32-37(41)40(38(42)36-44-6-3)34-31-35-45-39(43)33-30-28-26-24-21-16-14-12-10-8-5-2/h2*4-36H2,1-3H3. The van der Waals surface area contributed by atoms with Crippen molar-refractivity contribution in [2.24, 2.45) is 0 Å². The first-order valence-corrected chi connectivity index (χ1v) is 39.3. The van der Waals surface area contributed by atoms with Crippen LogP contribution in [0.15, 0.2) is 0 Å². The van der Waals surface area contributed by atoms with Crippen molar-refractivity contribution in [2.45, 2.75) is 414 Å². The summed E-state index contributed by atoms with van der Waals surface area (Å²) >= 11 is 0. The lowest BCUT2D eigenvalue weighted by Crippen LogP contribution is -2.40. The first-order valence-electron chi connectivity index (χ1n) is 39.3. The van der Waals surface area contributed by atoms with E-state index in [9.17, 15) is 28.8 Å². The second-order valence-electron chi connectivity index (χ2n) is 26.3. The van der Waals surface area contributed by atoms with Gasteiger partial charge in [-0.1, -0.05) is 336 Å². The van der Waals surface area contributed by atoms with Crippen molar-refractivity contribution in [3.05, 3.63) is 0 Å². The molecule has 0 rings (SSSR count). The molecule has 0 saturated heterocycles. The van der Waals surface area contributed by atoms with Crippen LogP contribution in [-0.4, -0.2) is 98.1 Å². The highest BCUT2D eigenvalue weighted by molar-refractivity contribution is 5.96. The smallest absolute Gasteiger partial charge is 0.305 e. The molecule has 0 aromatic heterocycles. The Labute approximate surface area is 557 Å². The zero-order valence-corrected chi connectivity index (χ0v) is 60.6. The minimum Gasteiger partial charge on any atom is -0.466 e. The zero-order valence-electron chi connectivity index (χ0n) is 60.6. The fraction of sp³-hybridized carbons (Fsp3) is 0.923. The molecule has 0 radical (unpaired) electrons. The zero-order chi connectivity index (χ0) is 66.1. The van der Waals surface area contributed by atoms with Gasteiger partial charge in [-0.2, -0.15) is 0 Å². The molecule has 90 heavy (non-hydrogen) atoms. The van der Waals surface area contributed by atoms with Crippen LogP contribution in [0.2, 0.25) is 0 Å². The van der Waals surface area contributed by atoms with E-state index in [0.717, 1.165) is 64.2 Å². The highest BCUT2D eigenvalue weighted by Gasteiger charge is 2.22. The van der Waals surface area contributed by atoms with Crippen LogP contribution < -0.4 is 0 Å². The van der Waals surface area contributed by atoms with Crippen molar-refractivity contribution in [1.29, 1.82) is 0 Å². The van der Waals surface area contributed by atoms with Crippen molar-refractivity contribution < 1.29 is 47.7 Å². The van der Waals surface area contributed by atoms with Crippen molar-refractivity contribution in [2.75, 3.05) is 52.7 Å². The van der Waals surface area contributed by atoms with Gasteiger partial charge in [0.25, 0.3) is 11.8 Å². The van der Waals surface area contributed by atoms with E-state index in [1.54, 1.807) is 0 Å². The maximum atomic E-state index is 12.9. The predicted octanol–water partition coefficient (Wildman–Crippen LogP) is 22.5. The van der Waals surface area contributed by atoms with E-state index in [2.05, 4.69) is 27.7 Å². The minimum atomic E-state index is -0.296. The van der Waals surface area contributed by atoms with Gasteiger partial charge in [0.15, 0.2) is 0 Å². The fourth-order valence-electron chi connectivity index (χ4n) is 11.7. The number of hydrogen-bond acceptors (Lipinski definition) is 10. The van der Waals surface area contributed by atoms with Gasteiger partial charge < -0.3 is 18.9 Å². The van der Waals surface area contributed by atoms with Gasteiger partial charge in [-0.05, 0) is 52.4 Å². The molecule has 0 saturated carbocycles. The molecular formula is C78H150N2O10. The maximum Gasteiger partial charge on any atom is 0.305 e. The van der Waals surface area contributed by atoms with E-state index in [1.807, 2.05) is 13.8 Å². The molecule has 12 heteroatoms. The number of carbonyl (C=O) groups excluding carboxylic acids is 6. The molecule has 0 unspecified atom stereocenters. The van der Waals surface area contributed by atoms with Crippen LogP contribution in [0.3, 0.4) is 0 Å². The number of imide groups is 2. The molecule has 532 valence electrons. The normalized spacial score (nSPS) is 11.2. The van der Waals surface area contributed by atoms with Gasteiger partial charge in [-0.25, -0.2) is 0 Å². The highest BCUT2D eigenvalue weighted by Crippen LogP contribution is 2.19. The van der Waals surface area contributed by atoms with Gasteiger partial charge in [-0.15, -0.1) is 0 Å². The summed E-state index contributed by atoms with van der Waals surface area (Å²) in [6.07, 6.45) is 68.5. The Kier molecular flexibility index (Phi) is 74.5. The number of carbonyl (C=O) groups is 6. The lowest BCUT2D eigenvalue weighted by Gasteiger charge is -2.21. The van der Waals surface area contributed by atoms with Crippen LogP contribution in [0.5, 0.6) is 0 Å². The van der Waals surface area contributed by atoms with Crippen LogP contribution in [0.4, 0.5) is 0 Å². The third-order valence-corrected chi connectivity index (χ3v) is 17.6. The van der Waals surface area contributed by atoms with Crippen LogP contribution in [-0.2, 0) is 47.7 Å². The molecule has 4 amide bonds. The van der Waals surface area contributed by atoms with Gasteiger partial charge in [0.1, 0.15) is 13.2 Å². The molecule has 0 bridgehead atoms. The Bertz CT molecular complexity index is 1450. The summed E-state index contributed by atoms with van der Waals surface area (Å²) in [7, 11) is 0. The molecule has 12 nitrogen and oxygen atoms in total. The van der Waals surface area contributed by atoms with Crippen molar-refractivity contribution in [3.8, 4) is 0 Å². The predicted molar refractivity (Wildman–Crippen MR) is 379 cm³/mol. The molecule has 0 N–H and O–H groups in total. The summed E-state index contributed by atoms with van der Waals surface area (Å²) in [6, 6.07) is 0. The lowest BCUT2D eigenvalue weighted by atomic mass is 10.0. The third kappa shape index (κ3) is 66.6. The first kappa shape index (κ1) is 89.2. The van der Waals surface area contributed by atoms with E-state index in [1.165, 1.54) is 279 Å². The molecule has 0 aliphatic carbocycles. The summed E-state index contributed by atoms with van der Waals surface area (Å²) in [5, 5.41) is 0. The summed E-state index contributed by atoms with van der Waals surface area (Å²) in [6.45, 7) is 14.4. The molecule has 0 aliphatic heterocycles. The average molecular weight is 1280 g/mol. The first-order chi connectivity index (χ1) is 44.1. The van der Waals surface area contributed by atoms with Crippen molar-refractivity contribution in [3.63, 3.8) is 0 Å². The van der Waals surface area contributed by atoms with Crippen LogP contribution >= 0.6 is 0 Å². The average Bonchev–Trinajstić information content (AvgIpc) is 3.73. The van der Waals surface area contributed by atoms with Crippen LogP contribution in [0.25, 0.3) is 0 Å². The van der Waals surface area contributed by atoms with E-state index in [4.69, 9.17) is 18.9 Å². The van der Waals surface area contributed by atoms with Gasteiger partial charge >= 0.3 is 11.9 Å². The number of unbranched alkanes of at least 4 members (excludes halogenated alkanes) is 48. The molecule has 0 heterocycles. The summed E-state index contributed by atoms with van der Waals surface area (Å²) < 4.78 is 21.3. The molecule has 0 aromatic rings. The Morgan fingerprint density at radius 1 is 0.222 bits per heavy atom. The summed E-state index contributed by atoms with van der Waals surface area (Å²) in [4.78, 5) is 77.9. The topological polar surface area (TPSA) is 146 Å². The summed E-state index contributed by atoms with van der Waals surface area (Å²) in [5.41, 5.74) is 0. The molecule has 0 atom stereocenters. The second-order valence-corrected chi connectivity index (χ2v) is 26.3. The number of rotatable bonds is 70. The highest BCUT2D eigenvalue weighted by atomic mass is 16.5. The number of hydrogen-bond donors (Lipinski definition) is 0. The lowest BCUT2D eigenvalue weighted by molar-refractivity contribution is -0.150. The molecule has 0 fully saturated rings. The SMILES string of the molecule is CCCCCCCCCCCCCCCCCC(=O)N(CCCOC(=O)CCCCCCCCCCCCC)C(=O)COCC.CCCCCCCCCCCCCCCCCC(=O)N(CCCOC(=O)CCCCCCCCCCCCC)C(=O)COCC. The minimum absolute atomic E-state index is 0.0836. The number of nitrogens with zero attached hydrogens (tertiary/aromatic N) is 2. The maximum absolute atomic E-state index is 12.9. The Balaban J connectivity index is 0. The number of ether oxygens (including phenoxy) is 4. The monoisotopic (exact) mass is 1280 g/mol. The quantitative estimate of drug-likeness (QED) is 0.0426. The van der Waals surface area contributed by atoms with E-state index in [-0.39, 0.29) is 75.1 Å².